The molecule has 0 atom stereocenters. The summed E-state index contributed by atoms with van der Waals surface area (Å²) in [5.74, 6) is 1.73. The second kappa shape index (κ2) is 6.60. The lowest BCUT2D eigenvalue weighted by Gasteiger charge is -2.04. The van der Waals surface area contributed by atoms with Gasteiger partial charge < -0.3 is 14.4 Å². The molecule has 0 aliphatic heterocycles. The number of ether oxygens (including phenoxy) is 1. The molecule has 1 heterocycles. The monoisotopic (exact) mass is 302 g/mol. The lowest BCUT2D eigenvalue weighted by molar-refractivity contribution is -0.137. The van der Waals surface area contributed by atoms with Gasteiger partial charge in [-0.3, -0.25) is 4.79 Å². The molecule has 0 spiro atoms. The van der Waals surface area contributed by atoms with Crippen molar-refractivity contribution < 1.29 is 19.2 Å². The van der Waals surface area contributed by atoms with Crippen LogP contribution in [0.25, 0.3) is 11.4 Å². The molecule has 0 radical (unpaired) electrons. The van der Waals surface area contributed by atoms with Gasteiger partial charge >= 0.3 is 5.97 Å². The van der Waals surface area contributed by atoms with Crippen LogP contribution in [0, 0.1) is 5.92 Å². The summed E-state index contributed by atoms with van der Waals surface area (Å²) in [5, 5.41) is 12.5. The van der Waals surface area contributed by atoms with Gasteiger partial charge in [-0.2, -0.15) is 4.98 Å². The lowest BCUT2D eigenvalue weighted by Crippen LogP contribution is -1.98. The zero-order valence-corrected chi connectivity index (χ0v) is 12.2. The Hall–Kier alpha value is -2.37. The van der Waals surface area contributed by atoms with E-state index in [4.69, 9.17) is 14.4 Å². The van der Waals surface area contributed by atoms with Crippen LogP contribution in [0.2, 0.25) is 0 Å². The first kappa shape index (κ1) is 14.6. The van der Waals surface area contributed by atoms with Crippen LogP contribution in [0.5, 0.6) is 5.75 Å². The number of benzene rings is 1. The standard InChI is InChI=1S/C16H18N2O4/c19-15(20)3-1-2-14-17-16(18-22-14)12-6-8-13(9-7-12)21-10-11-4-5-11/h6-9,11H,1-5,10H2,(H,19,20). The molecule has 6 heteroatoms. The topological polar surface area (TPSA) is 85.5 Å². The molecule has 3 rings (SSSR count). The number of hydrogen-bond donors (Lipinski definition) is 1. The van der Waals surface area contributed by atoms with Crippen molar-refractivity contribution in [3.8, 4) is 17.1 Å². The van der Waals surface area contributed by atoms with E-state index in [-0.39, 0.29) is 6.42 Å². The maximum absolute atomic E-state index is 10.5. The Morgan fingerprint density at radius 1 is 1.32 bits per heavy atom. The van der Waals surface area contributed by atoms with Crippen LogP contribution in [0.3, 0.4) is 0 Å². The molecular weight excluding hydrogens is 284 g/mol. The van der Waals surface area contributed by atoms with Crippen LogP contribution in [0.1, 0.15) is 31.6 Å². The highest BCUT2D eigenvalue weighted by molar-refractivity contribution is 5.66. The third kappa shape index (κ3) is 4.07. The maximum atomic E-state index is 10.5. The Bertz CT molecular complexity index is 632. The number of carbonyl (C=O) groups is 1. The molecule has 6 nitrogen and oxygen atoms in total. The zero-order valence-electron chi connectivity index (χ0n) is 12.2. The molecule has 1 N–H and O–H groups in total. The Morgan fingerprint density at radius 2 is 2.09 bits per heavy atom. The SMILES string of the molecule is O=C(O)CCCc1nc(-c2ccc(OCC3CC3)cc2)no1. The summed E-state index contributed by atoms with van der Waals surface area (Å²) in [7, 11) is 0. The molecule has 1 aliphatic carbocycles. The van der Waals surface area contributed by atoms with Crippen molar-refractivity contribution in [1.29, 1.82) is 0 Å². The summed E-state index contributed by atoms with van der Waals surface area (Å²) in [5.41, 5.74) is 0.854. The molecule has 0 bridgehead atoms. The van der Waals surface area contributed by atoms with Gasteiger partial charge in [0.2, 0.25) is 11.7 Å². The van der Waals surface area contributed by atoms with Crippen molar-refractivity contribution in [3.63, 3.8) is 0 Å². The average molecular weight is 302 g/mol. The van der Waals surface area contributed by atoms with Crippen molar-refractivity contribution in [3.05, 3.63) is 30.2 Å². The smallest absolute Gasteiger partial charge is 0.303 e. The van der Waals surface area contributed by atoms with E-state index in [0.29, 0.717) is 24.6 Å². The van der Waals surface area contributed by atoms with E-state index in [0.717, 1.165) is 23.8 Å². The van der Waals surface area contributed by atoms with Crippen LogP contribution in [0.4, 0.5) is 0 Å². The quantitative estimate of drug-likeness (QED) is 0.807. The molecule has 1 saturated carbocycles. The summed E-state index contributed by atoms with van der Waals surface area (Å²) in [6.07, 6.45) is 3.61. The third-order valence-electron chi connectivity index (χ3n) is 3.54. The van der Waals surface area contributed by atoms with Gasteiger partial charge in [0.05, 0.1) is 6.61 Å². The van der Waals surface area contributed by atoms with E-state index < -0.39 is 5.97 Å². The first-order chi connectivity index (χ1) is 10.7. The summed E-state index contributed by atoms with van der Waals surface area (Å²) in [6.45, 7) is 0.787. The number of carboxylic acid groups (broad SMARTS) is 1. The van der Waals surface area contributed by atoms with E-state index >= 15 is 0 Å². The predicted octanol–water partition coefficient (Wildman–Crippen LogP) is 2.93. The molecule has 0 amide bonds. The Labute approximate surface area is 128 Å². The van der Waals surface area contributed by atoms with Gasteiger partial charge in [0.25, 0.3) is 0 Å². The molecule has 0 unspecified atom stereocenters. The van der Waals surface area contributed by atoms with Crippen LogP contribution < -0.4 is 4.74 Å². The van der Waals surface area contributed by atoms with Crippen molar-refractivity contribution in [2.75, 3.05) is 6.61 Å². The highest BCUT2D eigenvalue weighted by Crippen LogP contribution is 2.30. The van der Waals surface area contributed by atoms with E-state index in [1.807, 2.05) is 24.3 Å². The fourth-order valence-corrected chi connectivity index (χ4v) is 2.06. The van der Waals surface area contributed by atoms with Crippen molar-refractivity contribution >= 4 is 5.97 Å². The van der Waals surface area contributed by atoms with Crippen LogP contribution in [-0.4, -0.2) is 27.8 Å². The normalized spacial score (nSPS) is 14.0. The van der Waals surface area contributed by atoms with Gasteiger partial charge in [0.1, 0.15) is 5.75 Å². The molecule has 0 saturated heterocycles. The number of rotatable bonds is 8. The second-order valence-corrected chi connectivity index (χ2v) is 5.54. The molecule has 1 fully saturated rings. The zero-order chi connectivity index (χ0) is 15.4. The Kier molecular flexibility index (Phi) is 4.37. The van der Waals surface area contributed by atoms with Crippen molar-refractivity contribution in [2.45, 2.75) is 32.1 Å². The van der Waals surface area contributed by atoms with Gasteiger partial charge in [-0.05, 0) is 49.4 Å². The molecule has 1 aliphatic rings. The number of aromatic nitrogens is 2. The summed E-state index contributed by atoms with van der Waals surface area (Å²) >= 11 is 0. The minimum absolute atomic E-state index is 0.102. The molecule has 1 aromatic heterocycles. The molecule has 22 heavy (non-hydrogen) atoms. The summed E-state index contributed by atoms with van der Waals surface area (Å²) in [6, 6.07) is 7.60. The molecular formula is C16H18N2O4. The van der Waals surface area contributed by atoms with Crippen LogP contribution in [-0.2, 0) is 11.2 Å². The van der Waals surface area contributed by atoms with E-state index in [2.05, 4.69) is 10.1 Å². The fraction of sp³-hybridized carbons (Fsp3) is 0.438. The minimum Gasteiger partial charge on any atom is -0.493 e. The van der Waals surface area contributed by atoms with Gasteiger partial charge in [-0.25, -0.2) is 0 Å². The third-order valence-corrected chi connectivity index (χ3v) is 3.54. The van der Waals surface area contributed by atoms with Crippen LogP contribution >= 0.6 is 0 Å². The summed E-state index contributed by atoms with van der Waals surface area (Å²) in [4.78, 5) is 14.7. The minimum atomic E-state index is -0.818. The van der Waals surface area contributed by atoms with Gasteiger partial charge in [-0.15, -0.1) is 0 Å². The highest BCUT2D eigenvalue weighted by atomic mass is 16.5. The Balaban J connectivity index is 1.56. The van der Waals surface area contributed by atoms with Gasteiger partial charge in [0.15, 0.2) is 0 Å². The van der Waals surface area contributed by atoms with Crippen molar-refractivity contribution in [1.82, 2.24) is 10.1 Å². The van der Waals surface area contributed by atoms with Gasteiger partial charge in [-0.1, -0.05) is 5.16 Å². The molecule has 1 aromatic carbocycles. The molecule has 116 valence electrons. The van der Waals surface area contributed by atoms with Gasteiger partial charge in [0, 0.05) is 18.4 Å². The lowest BCUT2D eigenvalue weighted by atomic mass is 10.2. The number of aryl methyl sites for hydroxylation is 1. The summed E-state index contributed by atoms with van der Waals surface area (Å²) < 4.78 is 10.8. The first-order valence-corrected chi connectivity index (χ1v) is 7.48. The van der Waals surface area contributed by atoms with E-state index in [1.54, 1.807) is 0 Å². The largest absolute Gasteiger partial charge is 0.493 e. The number of carboxylic acids is 1. The second-order valence-electron chi connectivity index (χ2n) is 5.54. The highest BCUT2D eigenvalue weighted by Gasteiger charge is 2.21. The van der Waals surface area contributed by atoms with E-state index in [1.165, 1.54) is 12.8 Å². The maximum Gasteiger partial charge on any atom is 0.303 e. The predicted molar refractivity (Wildman–Crippen MR) is 78.5 cm³/mol. The average Bonchev–Trinajstić information content (AvgIpc) is 3.23. The van der Waals surface area contributed by atoms with E-state index in [9.17, 15) is 4.79 Å². The van der Waals surface area contributed by atoms with Crippen molar-refractivity contribution in [2.24, 2.45) is 5.92 Å². The fourth-order valence-electron chi connectivity index (χ4n) is 2.06. The Morgan fingerprint density at radius 3 is 2.77 bits per heavy atom. The number of nitrogens with zero attached hydrogens (tertiary/aromatic N) is 2. The number of aliphatic carboxylic acids is 1. The molecule has 2 aromatic rings. The number of hydrogen-bond acceptors (Lipinski definition) is 5. The van der Waals surface area contributed by atoms with Crippen LogP contribution in [0.15, 0.2) is 28.8 Å². The first-order valence-electron chi connectivity index (χ1n) is 7.48.